The van der Waals surface area contributed by atoms with Crippen LogP contribution < -0.4 is 5.73 Å². The zero-order valence-corrected chi connectivity index (χ0v) is 9.49. The molecule has 0 radical (unpaired) electrons. The van der Waals surface area contributed by atoms with Crippen molar-refractivity contribution in [3.8, 4) is 0 Å². The Hall–Kier alpha value is -0.370. The number of hydrogen-bond donors (Lipinski definition) is 2. The zero-order chi connectivity index (χ0) is 10.1. The van der Waals surface area contributed by atoms with E-state index in [1.807, 2.05) is 13.8 Å². The molecule has 0 saturated heterocycles. The van der Waals surface area contributed by atoms with Crippen molar-refractivity contribution in [2.45, 2.75) is 34.1 Å². The van der Waals surface area contributed by atoms with E-state index in [-0.39, 0.29) is 0 Å². The lowest BCUT2D eigenvalue weighted by Crippen LogP contribution is -1.99. The number of nitrogens with two attached hydrogens (primary N) is 1. The summed E-state index contributed by atoms with van der Waals surface area (Å²) in [7, 11) is 0. The molecular formula is C10H21NS. The quantitative estimate of drug-likeness (QED) is 0.503. The Balaban J connectivity index is 0. The maximum absolute atomic E-state index is 5.46. The first kappa shape index (κ1) is 14.2. The van der Waals surface area contributed by atoms with Crippen LogP contribution in [-0.4, -0.2) is 0 Å². The van der Waals surface area contributed by atoms with Gasteiger partial charge in [-0.2, -0.15) is 0 Å². The highest BCUT2D eigenvalue weighted by molar-refractivity contribution is 7.83. The lowest BCUT2D eigenvalue weighted by Gasteiger charge is -2.01. The van der Waals surface area contributed by atoms with Crippen LogP contribution in [-0.2, 0) is 0 Å². The molecule has 0 spiro atoms. The Morgan fingerprint density at radius 1 is 1.50 bits per heavy atom. The predicted octanol–water partition coefficient (Wildman–Crippen LogP) is 3.34. The van der Waals surface area contributed by atoms with Gasteiger partial charge < -0.3 is 5.73 Å². The Morgan fingerprint density at radius 2 is 1.83 bits per heavy atom. The minimum Gasteiger partial charge on any atom is -0.402 e. The molecule has 0 aromatic rings. The largest absolute Gasteiger partial charge is 0.402 e. The van der Waals surface area contributed by atoms with Gasteiger partial charge in [-0.1, -0.05) is 19.4 Å². The van der Waals surface area contributed by atoms with Gasteiger partial charge in [-0.3, -0.25) is 0 Å². The van der Waals surface area contributed by atoms with Gasteiger partial charge in [0.25, 0.3) is 0 Å². The molecule has 0 aromatic heterocycles. The average molecular weight is 187 g/mol. The van der Waals surface area contributed by atoms with Crippen LogP contribution in [0.25, 0.3) is 0 Å². The molecule has 0 unspecified atom stereocenters. The maximum Gasteiger partial charge on any atom is 0.0144 e. The SMILES string of the molecule is C=C(C)C.CC(C)C/C(N)=C/S. The number of thiol groups is 1. The summed E-state index contributed by atoms with van der Waals surface area (Å²) in [5.74, 6) is 0.637. The van der Waals surface area contributed by atoms with E-state index in [1.165, 1.54) is 5.57 Å². The molecule has 2 N–H and O–H groups in total. The molecule has 0 aliphatic heterocycles. The number of rotatable bonds is 2. The van der Waals surface area contributed by atoms with Gasteiger partial charge >= 0.3 is 0 Å². The summed E-state index contributed by atoms with van der Waals surface area (Å²) < 4.78 is 0. The van der Waals surface area contributed by atoms with E-state index in [4.69, 9.17) is 5.73 Å². The van der Waals surface area contributed by atoms with E-state index in [0.717, 1.165) is 12.1 Å². The standard InChI is InChI=1S/C6H13NS.C4H8/c1-5(2)3-6(7)4-8;1-4(2)3/h4-5,8H,3,7H2,1-2H3;1H2,2-3H3/b6-4-;. The van der Waals surface area contributed by atoms with Gasteiger partial charge in [0.15, 0.2) is 0 Å². The van der Waals surface area contributed by atoms with Crippen molar-refractivity contribution in [1.82, 2.24) is 0 Å². The molecule has 1 nitrogen and oxygen atoms in total. The molecular weight excluding hydrogens is 166 g/mol. The van der Waals surface area contributed by atoms with Crippen LogP contribution in [0.2, 0.25) is 0 Å². The van der Waals surface area contributed by atoms with E-state index < -0.39 is 0 Å². The molecule has 12 heavy (non-hydrogen) atoms. The number of allylic oxidation sites excluding steroid dienone is 2. The van der Waals surface area contributed by atoms with Crippen molar-refractivity contribution in [2.75, 3.05) is 0 Å². The highest BCUT2D eigenvalue weighted by Gasteiger charge is 1.92. The molecule has 0 fully saturated rings. The van der Waals surface area contributed by atoms with Crippen LogP contribution in [0.3, 0.4) is 0 Å². The van der Waals surface area contributed by atoms with Gasteiger partial charge in [-0.15, -0.1) is 19.2 Å². The summed E-state index contributed by atoms with van der Waals surface area (Å²) in [6.07, 6.45) is 0.948. The highest BCUT2D eigenvalue weighted by atomic mass is 32.1. The first-order valence-electron chi connectivity index (χ1n) is 4.11. The molecule has 0 aromatic carbocycles. The topological polar surface area (TPSA) is 26.0 Å². The van der Waals surface area contributed by atoms with Crippen molar-refractivity contribution in [1.29, 1.82) is 0 Å². The third-order valence-electron chi connectivity index (χ3n) is 0.810. The van der Waals surface area contributed by atoms with Crippen LogP contribution in [0.5, 0.6) is 0 Å². The summed E-state index contributed by atoms with van der Waals surface area (Å²) in [5, 5.41) is 1.65. The van der Waals surface area contributed by atoms with Gasteiger partial charge in [-0.05, 0) is 31.6 Å². The summed E-state index contributed by atoms with van der Waals surface area (Å²) >= 11 is 3.90. The monoisotopic (exact) mass is 187 g/mol. The first-order valence-corrected chi connectivity index (χ1v) is 4.62. The van der Waals surface area contributed by atoms with Gasteiger partial charge in [0, 0.05) is 5.70 Å². The fraction of sp³-hybridized carbons (Fsp3) is 0.600. The van der Waals surface area contributed by atoms with Crippen molar-refractivity contribution in [2.24, 2.45) is 11.7 Å². The van der Waals surface area contributed by atoms with E-state index in [9.17, 15) is 0 Å². The van der Waals surface area contributed by atoms with Crippen molar-refractivity contribution in [3.63, 3.8) is 0 Å². The van der Waals surface area contributed by atoms with Gasteiger partial charge in [0.1, 0.15) is 0 Å². The highest BCUT2D eigenvalue weighted by Crippen LogP contribution is 2.05. The van der Waals surface area contributed by atoms with Crippen LogP contribution in [0.1, 0.15) is 34.1 Å². The van der Waals surface area contributed by atoms with E-state index in [1.54, 1.807) is 5.41 Å². The Kier molecular flexibility index (Phi) is 10.3. The summed E-state index contributed by atoms with van der Waals surface area (Å²) in [6, 6.07) is 0. The minimum absolute atomic E-state index is 0.637. The van der Waals surface area contributed by atoms with Crippen molar-refractivity contribution in [3.05, 3.63) is 23.3 Å². The molecule has 0 amide bonds. The number of hydrogen-bond acceptors (Lipinski definition) is 2. The summed E-state index contributed by atoms with van der Waals surface area (Å²) in [4.78, 5) is 0. The third kappa shape index (κ3) is 22.6. The molecule has 0 bridgehead atoms. The fourth-order valence-corrected chi connectivity index (χ4v) is 0.630. The van der Waals surface area contributed by atoms with Crippen LogP contribution in [0.4, 0.5) is 0 Å². The van der Waals surface area contributed by atoms with Crippen LogP contribution >= 0.6 is 12.6 Å². The second kappa shape index (κ2) is 8.72. The Morgan fingerprint density at radius 3 is 1.92 bits per heavy atom. The predicted molar refractivity (Wildman–Crippen MR) is 61.2 cm³/mol. The molecule has 0 saturated carbocycles. The van der Waals surface area contributed by atoms with Crippen LogP contribution in [0.15, 0.2) is 23.3 Å². The average Bonchev–Trinajstić information content (AvgIpc) is 1.84. The van der Waals surface area contributed by atoms with Crippen molar-refractivity contribution < 1.29 is 0 Å². The summed E-state index contributed by atoms with van der Waals surface area (Å²) in [6.45, 7) is 11.8. The lowest BCUT2D eigenvalue weighted by molar-refractivity contribution is 0.639. The van der Waals surface area contributed by atoms with E-state index >= 15 is 0 Å². The Bertz CT molecular complexity index is 144. The normalized spacial score (nSPS) is 10.7. The fourth-order valence-electron chi connectivity index (χ4n) is 0.524. The molecule has 0 rings (SSSR count). The molecule has 2 heteroatoms. The third-order valence-corrected chi connectivity index (χ3v) is 1.14. The van der Waals surface area contributed by atoms with Crippen molar-refractivity contribution >= 4 is 12.6 Å². The Labute approximate surface area is 82.1 Å². The zero-order valence-electron chi connectivity index (χ0n) is 8.59. The van der Waals surface area contributed by atoms with E-state index in [0.29, 0.717) is 5.92 Å². The molecule has 0 heterocycles. The second-order valence-electron chi connectivity index (χ2n) is 3.51. The molecule has 0 aliphatic carbocycles. The molecule has 0 aliphatic rings. The second-order valence-corrected chi connectivity index (χ2v) is 3.77. The summed E-state index contributed by atoms with van der Waals surface area (Å²) in [5.41, 5.74) is 7.49. The molecule has 72 valence electrons. The first-order chi connectivity index (χ1) is 5.40. The van der Waals surface area contributed by atoms with Gasteiger partial charge in [0.05, 0.1) is 0 Å². The molecule has 0 atom stereocenters. The van der Waals surface area contributed by atoms with E-state index in [2.05, 4.69) is 33.1 Å². The maximum atomic E-state index is 5.46. The van der Waals surface area contributed by atoms with Crippen LogP contribution in [0, 0.1) is 5.92 Å². The lowest BCUT2D eigenvalue weighted by atomic mass is 10.1. The smallest absolute Gasteiger partial charge is 0.0144 e. The minimum atomic E-state index is 0.637. The van der Waals surface area contributed by atoms with Gasteiger partial charge in [-0.25, -0.2) is 0 Å². The van der Waals surface area contributed by atoms with Gasteiger partial charge in [0.2, 0.25) is 0 Å².